The fourth-order valence-corrected chi connectivity index (χ4v) is 3.22. The maximum Gasteiger partial charge on any atom is 0.343 e. The number of methoxy groups -OCH3 is 2. The van der Waals surface area contributed by atoms with E-state index < -0.39 is 11.5 Å². The van der Waals surface area contributed by atoms with Gasteiger partial charge in [-0.1, -0.05) is 12.1 Å². The zero-order chi connectivity index (χ0) is 21.7. The first-order valence-corrected chi connectivity index (χ1v) is 9.32. The third kappa shape index (κ3) is 4.81. The van der Waals surface area contributed by atoms with E-state index in [9.17, 15) is 14.7 Å². The van der Waals surface area contributed by atoms with E-state index in [1.165, 1.54) is 6.07 Å². The first-order valence-electron chi connectivity index (χ1n) is 9.32. The number of nitrogens with one attached hydrogen (secondary N) is 1. The molecule has 0 unspecified atom stereocenters. The molecule has 0 radical (unpaired) electrons. The summed E-state index contributed by atoms with van der Waals surface area (Å²) < 4.78 is 15.5. The quantitative estimate of drug-likeness (QED) is 0.615. The molecule has 0 aliphatic carbocycles. The predicted molar refractivity (Wildman–Crippen MR) is 112 cm³/mol. The molecule has 0 aliphatic heterocycles. The lowest BCUT2D eigenvalue weighted by atomic mass is 9.88. The number of amides is 1. The van der Waals surface area contributed by atoms with E-state index in [0.717, 1.165) is 0 Å². The third-order valence-corrected chi connectivity index (χ3v) is 4.72. The summed E-state index contributed by atoms with van der Waals surface area (Å²) in [7, 11) is 3.11. The number of carbonyl (C=O) groups is 1. The number of aromatic hydroxyl groups is 1. The molecule has 2 N–H and O–H groups in total. The number of hydrogen-bond acceptors (Lipinski definition) is 6. The van der Waals surface area contributed by atoms with Crippen LogP contribution in [0.5, 0.6) is 17.2 Å². The van der Waals surface area contributed by atoms with Crippen LogP contribution in [-0.4, -0.2) is 25.2 Å². The Morgan fingerprint density at radius 3 is 2.13 bits per heavy atom. The predicted octanol–water partition coefficient (Wildman–Crippen LogP) is 3.83. The van der Waals surface area contributed by atoms with Gasteiger partial charge in [0, 0.05) is 24.1 Å². The number of ether oxygens (including phenoxy) is 2. The van der Waals surface area contributed by atoms with Gasteiger partial charge in [-0.2, -0.15) is 0 Å². The molecular formula is C23H23NO6. The molecular weight excluding hydrogens is 386 g/mol. The summed E-state index contributed by atoms with van der Waals surface area (Å²) in [5.74, 6) is 0.372. The maximum atomic E-state index is 12.8. The first kappa shape index (κ1) is 21.0. The summed E-state index contributed by atoms with van der Waals surface area (Å²) in [6.07, 6.45) is -0.0697. The Bertz CT molecular complexity index is 1070. The van der Waals surface area contributed by atoms with Gasteiger partial charge in [-0.25, -0.2) is 4.79 Å². The van der Waals surface area contributed by atoms with Crippen LogP contribution in [0.3, 0.4) is 0 Å². The Kier molecular flexibility index (Phi) is 6.41. The maximum absolute atomic E-state index is 12.8. The molecule has 1 atom stereocenters. The molecule has 3 aromatic rings. The monoisotopic (exact) mass is 409 g/mol. The van der Waals surface area contributed by atoms with Crippen LogP contribution in [-0.2, 0) is 4.79 Å². The summed E-state index contributed by atoms with van der Waals surface area (Å²) >= 11 is 0. The van der Waals surface area contributed by atoms with E-state index in [4.69, 9.17) is 13.9 Å². The summed E-state index contributed by atoms with van der Waals surface area (Å²) in [5, 5.41) is 13.2. The smallest absolute Gasteiger partial charge is 0.343 e. The third-order valence-electron chi connectivity index (χ3n) is 4.72. The highest BCUT2D eigenvalue weighted by molar-refractivity contribution is 5.91. The van der Waals surface area contributed by atoms with Crippen molar-refractivity contribution >= 4 is 11.6 Å². The molecule has 7 nitrogen and oxygen atoms in total. The lowest BCUT2D eigenvalue weighted by molar-refractivity contribution is -0.116. The van der Waals surface area contributed by atoms with Gasteiger partial charge in [-0.05, 0) is 48.9 Å². The average Bonchev–Trinajstić information content (AvgIpc) is 2.73. The zero-order valence-electron chi connectivity index (χ0n) is 17.0. The minimum atomic E-state index is -0.703. The Labute approximate surface area is 173 Å². The van der Waals surface area contributed by atoms with Crippen molar-refractivity contribution < 1.29 is 23.8 Å². The van der Waals surface area contributed by atoms with E-state index in [1.54, 1.807) is 69.7 Å². The average molecular weight is 409 g/mol. The molecule has 0 aliphatic rings. The second-order valence-electron chi connectivity index (χ2n) is 6.75. The highest BCUT2D eigenvalue weighted by Gasteiger charge is 2.26. The molecule has 156 valence electrons. The van der Waals surface area contributed by atoms with Crippen molar-refractivity contribution in [3.05, 3.63) is 81.9 Å². The zero-order valence-corrected chi connectivity index (χ0v) is 17.0. The van der Waals surface area contributed by atoms with Crippen molar-refractivity contribution in [2.45, 2.75) is 19.3 Å². The van der Waals surface area contributed by atoms with Gasteiger partial charge in [0.25, 0.3) is 0 Å². The van der Waals surface area contributed by atoms with Crippen LogP contribution >= 0.6 is 0 Å². The number of hydrogen-bond donors (Lipinski definition) is 2. The molecule has 0 fully saturated rings. The Morgan fingerprint density at radius 1 is 1.03 bits per heavy atom. The highest BCUT2D eigenvalue weighted by atomic mass is 16.5. The molecule has 1 heterocycles. The second-order valence-corrected chi connectivity index (χ2v) is 6.75. The van der Waals surface area contributed by atoms with Gasteiger partial charge in [0.1, 0.15) is 23.0 Å². The fourth-order valence-electron chi connectivity index (χ4n) is 3.22. The van der Waals surface area contributed by atoms with Gasteiger partial charge in [-0.3, -0.25) is 4.79 Å². The van der Waals surface area contributed by atoms with Gasteiger partial charge in [0.2, 0.25) is 5.91 Å². The number of rotatable bonds is 7. The molecule has 0 saturated carbocycles. The number of carbonyl (C=O) groups excluding carboxylic acids is 1. The largest absolute Gasteiger partial charge is 0.507 e. The molecule has 30 heavy (non-hydrogen) atoms. The molecule has 2 aromatic carbocycles. The van der Waals surface area contributed by atoms with Crippen molar-refractivity contribution in [3.8, 4) is 17.2 Å². The number of anilines is 1. The van der Waals surface area contributed by atoms with Crippen LogP contribution in [0.2, 0.25) is 0 Å². The number of aryl methyl sites for hydroxylation is 1. The van der Waals surface area contributed by atoms with Gasteiger partial charge in [0.05, 0.1) is 19.8 Å². The summed E-state index contributed by atoms with van der Waals surface area (Å²) in [5.41, 5.74) is 0.628. The fraction of sp³-hybridized carbons (Fsp3) is 0.217. The van der Waals surface area contributed by atoms with Crippen LogP contribution in [0.4, 0.5) is 5.69 Å². The highest BCUT2D eigenvalue weighted by Crippen LogP contribution is 2.33. The molecule has 0 spiro atoms. The molecule has 0 bridgehead atoms. The lowest BCUT2D eigenvalue weighted by Crippen LogP contribution is -2.21. The van der Waals surface area contributed by atoms with E-state index in [0.29, 0.717) is 22.7 Å². The molecule has 0 saturated heterocycles. The topological polar surface area (TPSA) is 98.0 Å². The minimum absolute atomic E-state index is 0.0376. The Morgan fingerprint density at radius 2 is 1.60 bits per heavy atom. The van der Waals surface area contributed by atoms with E-state index in [2.05, 4.69) is 5.32 Å². The standard InChI is InChI=1S/C23H23NO6/c1-14-12-20(25)22(23(27)30-14)19(15-4-8-17(28-2)9-5-15)13-21(26)24-16-6-10-18(29-3)11-7-16/h4-12,19,25H,13H2,1-3H3,(H,24,26)/t19-/m1/s1. The van der Waals surface area contributed by atoms with Gasteiger partial charge >= 0.3 is 5.63 Å². The van der Waals surface area contributed by atoms with Crippen molar-refractivity contribution in [2.75, 3.05) is 19.5 Å². The van der Waals surface area contributed by atoms with Crippen molar-refractivity contribution in [1.29, 1.82) is 0 Å². The summed E-state index contributed by atoms with van der Waals surface area (Å²) in [6, 6.07) is 15.2. The summed E-state index contributed by atoms with van der Waals surface area (Å²) in [6.45, 7) is 1.57. The summed E-state index contributed by atoms with van der Waals surface area (Å²) in [4.78, 5) is 25.3. The number of benzene rings is 2. The van der Waals surface area contributed by atoms with Crippen molar-refractivity contribution in [3.63, 3.8) is 0 Å². The molecule has 1 amide bonds. The SMILES string of the molecule is COc1ccc(NC(=O)C[C@H](c2ccc(OC)cc2)c2c(O)cc(C)oc2=O)cc1. The van der Waals surface area contributed by atoms with E-state index >= 15 is 0 Å². The Balaban J connectivity index is 1.92. The van der Waals surface area contributed by atoms with Crippen LogP contribution < -0.4 is 20.4 Å². The Hall–Kier alpha value is -3.74. The molecule has 3 rings (SSSR count). The normalized spacial score (nSPS) is 11.6. The lowest BCUT2D eigenvalue weighted by Gasteiger charge is -2.18. The van der Waals surface area contributed by atoms with Crippen LogP contribution in [0.1, 0.15) is 29.2 Å². The van der Waals surface area contributed by atoms with Gasteiger partial charge in [0.15, 0.2) is 0 Å². The first-order chi connectivity index (χ1) is 14.4. The van der Waals surface area contributed by atoms with Crippen molar-refractivity contribution in [2.24, 2.45) is 0 Å². The van der Waals surface area contributed by atoms with Crippen molar-refractivity contribution in [1.82, 2.24) is 0 Å². The molecule has 1 aromatic heterocycles. The van der Waals surface area contributed by atoms with E-state index in [1.807, 2.05) is 0 Å². The van der Waals surface area contributed by atoms with Crippen LogP contribution in [0.25, 0.3) is 0 Å². The van der Waals surface area contributed by atoms with E-state index in [-0.39, 0.29) is 29.4 Å². The minimum Gasteiger partial charge on any atom is -0.507 e. The van der Waals surface area contributed by atoms with Crippen LogP contribution in [0, 0.1) is 6.92 Å². The van der Waals surface area contributed by atoms with Gasteiger partial charge < -0.3 is 24.3 Å². The second kappa shape index (κ2) is 9.17. The van der Waals surface area contributed by atoms with Gasteiger partial charge in [-0.15, -0.1) is 0 Å². The molecule has 7 heteroatoms. The van der Waals surface area contributed by atoms with Crippen LogP contribution in [0.15, 0.2) is 63.8 Å².